The van der Waals surface area contributed by atoms with Crippen LogP contribution in [-0.4, -0.2) is 19.9 Å². The molecule has 0 radical (unpaired) electrons. The van der Waals surface area contributed by atoms with Crippen molar-refractivity contribution in [2.75, 3.05) is 0 Å². The molecule has 4 nitrogen and oxygen atoms in total. The zero-order chi connectivity index (χ0) is 28.6. The van der Waals surface area contributed by atoms with Crippen LogP contribution in [0.15, 0.2) is 159 Å². The number of rotatable bonds is 5. The van der Waals surface area contributed by atoms with Gasteiger partial charge in [0.1, 0.15) is 0 Å². The van der Waals surface area contributed by atoms with E-state index >= 15 is 0 Å². The molecule has 4 heteroatoms. The van der Waals surface area contributed by atoms with Crippen molar-refractivity contribution in [3.63, 3.8) is 0 Å². The summed E-state index contributed by atoms with van der Waals surface area (Å²) in [5.74, 6) is 0. The Morgan fingerprint density at radius 3 is 1.79 bits per heavy atom. The lowest BCUT2D eigenvalue weighted by Crippen LogP contribution is -2.28. The highest BCUT2D eigenvalue weighted by atomic mass is 14.7. The molecule has 0 N–H and O–H groups in total. The van der Waals surface area contributed by atoms with E-state index in [4.69, 9.17) is 4.98 Å². The molecule has 0 spiro atoms. The zero-order valence-electron chi connectivity index (χ0n) is 23.3. The Morgan fingerprint density at radius 1 is 0.395 bits per heavy atom. The minimum absolute atomic E-state index is 0.501. The third-order valence-electron chi connectivity index (χ3n) is 8.44. The second kappa shape index (κ2) is 10.3. The maximum atomic E-state index is 5.20. The summed E-state index contributed by atoms with van der Waals surface area (Å²) in [7, 11) is 0. The van der Waals surface area contributed by atoms with Crippen LogP contribution in [0.4, 0.5) is 0 Å². The number of pyridine rings is 4. The molecular formula is C39H26N4. The molecule has 1 unspecified atom stereocenters. The molecule has 7 aromatic rings. The Bertz CT molecular complexity index is 1960. The van der Waals surface area contributed by atoms with Crippen LogP contribution in [0.2, 0.25) is 0 Å². The van der Waals surface area contributed by atoms with E-state index in [2.05, 4.69) is 124 Å². The van der Waals surface area contributed by atoms with Crippen LogP contribution in [0.5, 0.6) is 0 Å². The molecule has 1 aliphatic carbocycles. The first-order chi connectivity index (χ1) is 21.3. The summed E-state index contributed by atoms with van der Waals surface area (Å²) in [6, 6.07) is 43.0. The van der Waals surface area contributed by atoms with Crippen LogP contribution < -0.4 is 0 Å². The van der Waals surface area contributed by atoms with E-state index in [-0.39, 0.29) is 0 Å². The predicted molar refractivity (Wildman–Crippen MR) is 171 cm³/mol. The Kier molecular flexibility index (Phi) is 5.97. The van der Waals surface area contributed by atoms with Crippen LogP contribution in [0.25, 0.3) is 44.8 Å². The highest BCUT2D eigenvalue weighted by Crippen LogP contribution is 2.56. The molecule has 0 fully saturated rings. The number of fused-ring (bicyclic) bond motifs is 3. The summed E-state index contributed by atoms with van der Waals surface area (Å²) >= 11 is 0. The largest absolute Gasteiger partial charge is 0.265 e. The first-order valence-corrected chi connectivity index (χ1v) is 14.4. The molecule has 1 aliphatic rings. The van der Waals surface area contributed by atoms with Crippen molar-refractivity contribution >= 4 is 0 Å². The van der Waals surface area contributed by atoms with Gasteiger partial charge in [0.25, 0.3) is 0 Å². The highest BCUT2D eigenvalue weighted by molar-refractivity contribution is 5.88. The summed E-state index contributed by atoms with van der Waals surface area (Å²) in [4.78, 5) is 18.3. The molecule has 43 heavy (non-hydrogen) atoms. The molecule has 0 saturated carbocycles. The number of aromatic nitrogens is 4. The first kappa shape index (κ1) is 25.0. The Hall–Kier alpha value is -5.74. The van der Waals surface area contributed by atoms with Gasteiger partial charge in [-0.15, -0.1) is 0 Å². The topological polar surface area (TPSA) is 51.6 Å². The highest BCUT2D eigenvalue weighted by Gasteiger charge is 2.46. The normalized spacial score (nSPS) is 15.1. The van der Waals surface area contributed by atoms with Crippen molar-refractivity contribution in [1.82, 2.24) is 19.9 Å². The Balaban J connectivity index is 1.41. The van der Waals surface area contributed by atoms with E-state index in [9.17, 15) is 0 Å². The lowest BCUT2D eigenvalue weighted by molar-refractivity contribution is 0.766. The van der Waals surface area contributed by atoms with E-state index in [1.54, 1.807) is 12.4 Å². The Morgan fingerprint density at radius 2 is 1.05 bits per heavy atom. The maximum Gasteiger partial charge on any atom is 0.0731 e. The van der Waals surface area contributed by atoms with Gasteiger partial charge in [0.2, 0.25) is 0 Å². The van der Waals surface area contributed by atoms with Crippen molar-refractivity contribution in [3.05, 3.63) is 181 Å². The third-order valence-corrected chi connectivity index (χ3v) is 8.44. The van der Waals surface area contributed by atoms with E-state index in [1.807, 2.05) is 36.9 Å². The van der Waals surface area contributed by atoms with Crippen LogP contribution in [0.3, 0.4) is 0 Å². The molecule has 0 aliphatic heterocycles. The lowest BCUT2D eigenvalue weighted by atomic mass is 9.67. The minimum Gasteiger partial charge on any atom is -0.265 e. The molecule has 1 atom stereocenters. The molecule has 0 saturated heterocycles. The average Bonchev–Trinajstić information content (AvgIpc) is 3.40. The SMILES string of the molecule is c1ccc(C2(c3ccncc3)c3ccccc3-c3ccc(-c4cc(-c5cccnc5)cc(-c5cccnc5)n4)cc32)cc1. The second-order valence-corrected chi connectivity index (χ2v) is 10.8. The summed E-state index contributed by atoms with van der Waals surface area (Å²) < 4.78 is 0. The summed E-state index contributed by atoms with van der Waals surface area (Å²) in [5.41, 5.74) is 12.8. The fourth-order valence-corrected chi connectivity index (χ4v) is 6.56. The van der Waals surface area contributed by atoms with E-state index < -0.39 is 5.41 Å². The number of benzene rings is 3. The van der Waals surface area contributed by atoms with Crippen LogP contribution in [-0.2, 0) is 5.41 Å². The summed E-state index contributed by atoms with van der Waals surface area (Å²) in [5, 5.41) is 0. The van der Waals surface area contributed by atoms with Gasteiger partial charge in [-0.1, -0.05) is 72.8 Å². The van der Waals surface area contributed by atoms with Gasteiger partial charge in [-0.05, 0) is 87.5 Å². The smallest absolute Gasteiger partial charge is 0.0731 e. The molecule has 3 aromatic carbocycles. The van der Waals surface area contributed by atoms with Gasteiger partial charge < -0.3 is 0 Å². The van der Waals surface area contributed by atoms with Crippen molar-refractivity contribution < 1.29 is 0 Å². The lowest BCUT2D eigenvalue weighted by Gasteiger charge is -2.33. The fourth-order valence-electron chi connectivity index (χ4n) is 6.56. The van der Waals surface area contributed by atoms with Crippen molar-refractivity contribution in [2.24, 2.45) is 0 Å². The van der Waals surface area contributed by atoms with E-state index in [1.165, 1.54) is 33.4 Å². The maximum absolute atomic E-state index is 5.20. The van der Waals surface area contributed by atoms with Gasteiger partial charge in [-0.25, -0.2) is 4.98 Å². The van der Waals surface area contributed by atoms with Crippen molar-refractivity contribution in [3.8, 4) is 44.8 Å². The van der Waals surface area contributed by atoms with Gasteiger partial charge in [-0.2, -0.15) is 0 Å². The zero-order valence-corrected chi connectivity index (χ0v) is 23.3. The monoisotopic (exact) mass is 550 g/mol. The van der Waals surface area contributed by atoms with Gasteiger partial charge in [0.15, 0.2) is 0 Å². The van der Waals surface area contributed by atoms with Gasteiger partial charge in [0, 0.05) is 53.9 Å². The number of hydrogen-bond donors (Lipinski definition) is 0. The third kappa shape index (κ3) is 4.07. The minimum atomic E-state index is -0.501. The molecular weight excluding hydrogens is 524 g/mol. The fraction of sp³-hybridized carbons (Fsp3) is 0.0256. The van der Waals surface area contributed by atoms with Crippen LogP contribution in [0, 0.1) is 0 Å². The van der Waals surface area contributed by atoms with Crippen LogP contribution >= 0.6 is 0 Å². The second-order valence-electron chi connectivity index (χ2n) is 10.8. The Labute approximate surface area is 250 Å². The predicted octanol–water partition coefficient (Wildman–Crippen LogP) is 8.63. The molecule has 8 rings (SSSR count). The first-order valence-electron chi connectivity index (χ1n) is 14.4. The van der Waals surface area contributed by atoms with Crippen molar-refractivity contribution in [2.45, 2.75) is 5.41 Å². The molecule has 4 aromatic heterocycles. The summed E-state index contributed by atoms with van der Waals surface area (Å²) in [6.07, 6.45) is 11.1. The molecule has 202 valence electrons. The van der Waals surface area contributed by atoms with Gasteiger partial charge >= 0.3 is 0 Å². The molecule has 4 heterocycles. The molecule has 0 amide bonds. The van der Waals surface area contributed by atoms with Crippen LogP contribution in [0.1, 0.15) is 22.3 Å². The van der Waals surface area contributed by atoms with Crippen molar-refractivity contribution in [1.29, 1.82) is 0 Å². The standard InChI is InChI=1S/C39H26N4/c1-2-10-31(11-3-1)39(32-16-20-40-21-17-32)35-13-5-4-12-33(35)34-15-14-27(22-36(34)39)37-23-30(28-8-6-18-41-25-28)24-38(43-37)29-9-7-19-42-26-29/h1-26H. The van der Waals surface area contributed by atoms with E-state index in [0.717, 1.165) is 33.6 Å². The number of hydrogen-bond acceptors (Lipinski definition) is 4. The molecule has 0 bridgehead atoms. The van der Waals surface area contributed by atoms with Gasteiger partial charge in [-0.3, -0.25) is 15.0 Å². The summed E-state index contributed by atoms with van der Waals surface area (Å²) in [6.45, 7) is 0. The van der Waals surface area contributed by atoms with Gasteiger partial charge in [0.05, 0.1) is 16.8 Å². The average molecular weight is 551 g/mol. The van der Waals surface area contributed by atoms with E-state index in [0.29, 0.717) is 0 Å². The number of nitrogens with zero attached hydrogens (tertiary/aromatic N) is 4. The quantitative estimate of drug-likeness (QED) is 0.215.